The average molecular weight is 468 g/mol. The molecule has 0 aromatic heterocycles. The van der Waals surface area contributed by atoms with Crippen LogP contribution in [0.5, 0.6) is 5.75 Å². The Morgan fingerprint density at radius 2 is 1.65 bits per heavy atom. The van der Waals surface area contributed by atoms with Crippen LogP contribution in [0.4, 0.5) is 10.5 Å². The maximum atomic E-state index is 13.6. The number of aryl methyl sites for hydroxylation is 2. The van der Waals surface area contributed by atoms with Gasteiger partial charge in [-0.2, -0.15) is 0 Å². The van der Waals surface area contributed by atoms with Gasteiger partial charge in [0.05, 0.1) is 0 Å². The zero-order valence-corrected chi connectivity index (χ0v) is 20.3. The van der Waals surface area contributed by atoms with Gasteiger partial charge >= 0.3 is 6.09 Å². The lowest BCUT2D eigenvalue weighted by atomic mass is 10.0. The van der Waals surface area contributed by atoms with Gasteiger partial charge in [0.15, 0.2) is 0 Å². The average Bonchev–Trinajstić information content (AvgIpc) is 3.57. The van der Waals surface area contributed by atoms with Gasteiger partial charge < -0.3 is 25.4 Å². The number of nitrogens with zero attached hydrogens (tertiary/aromatic N) is 1. The number of alkyl carbamates (subject to hydrolysis) is 1. The molecule has 1 aliphatic rings. The normalized spacial score (nSPS) is 14.1. The molecular formula is C26H33N3O5. The van der Waals surface area contributed by atoms with Crippen LogP contribution in [-0.2, 0) is 14.3 Å². The largest absolute Gasteiger partial charge is 0.508 e. The van der Waals surface area contributed by atoms with Gasteiger partial charge in [0.1, 0.15) is 23.9 Å². The van der Waals surface area contributed by atoms with Crippen molar-refractivity contribution in [3.8, 4) is 5.75 Å². The highest BCUT2D eigenvalue weighted by atomic mass is 16.6. The van der Waals surface area contributed by atoms with Crippen LogP contribution in [0.25, 0.3) is 0 Å². The predicted octanol–water partition coefficient (Wildman–Crippen LogP) is 4.20. The molecule has 1 fully saturated rings. The second-order valence-corrected chi connectivity index (χ2v) is 9.64. The van der Waals surface area contributed by atoms with Crippen LogP contribution in [0.2, 0.25) is 0 Å². The summed E-state index contributed by atoms with van der Waals surface area (Å²) in [6.07, 6.45) is 0.838. The maximum Gasteiger partial charge on any atom is 0.408 e. The minimum Gasteiger partial charge on any atom is -0.508 e. The summed E-state index contributed by atoms with van der Waals surface area (Å²) in [5.41, 5.74) is 2.40. The molecule has 3 N–H and O–H groups in total. The quantitative estimate of drug-likeness (QED) is 0.566. The van der Waals surface area contributed by atoms with Crippen LogP contribution in [0.1, 0.15) is 56.3 Å². The van der Waals surface area contributed by atoms with E-state index in [4.69, 9.17) is 4.74 Å². The summed E-state index contributed by atoms with van der Waals surface area (Å²) in [6, 6.07) is 10.9. The number of amides is 3. The van der Waals surface area contributed by atoms with Gasteiger partial charge in [0.2, 0.25) is 5.91 Å². The molecule has 0 spiro atoms. The standard InChI is InChI=1S/C26H33N3O5/c1-16-7-6-8-17(2)22(16)28-24(32)23(18-9-13-20(30)14-10-18)29(19-11-12-19)21(31)15-27-25(33)34-26(3,4)5/h6-10,13-14,19,23,30H,11-12,15H2,1-5H3,(H,27,33)(H,28,32). The Hall–Kier alpha value is -3.55. The highest BCUT2D eigenvalue weighted by Crippen LogP contribution is 2.36. The van der Waals surface area contributed by atoms with Crippen molar-refractivity contribution in [2.75, 3.05) is 11.9 Å². The topological polar surface area (TPSA) is 108 Å². The number of para-hydroxylation sites is 1. The molecule has 3 rings (SSSR count). The van der Waals surface area contributed by atoms with E-state index in [0.29, 0.717) is 11.3 Å². The van der Waals surface area contributed by atoms with Gasteiger partial charge in [0, 0.05) is 11.7 Å². The van der Waals surface area contributed by atoms with Crippen LogP contribution in [0, 0.1) is 13.8 Å². The Kier molecular flexibility index (Phi) is 7.49. The molecule has 0 bridgehead atoms. The van der Waals surface area contributed by atoms with Crippen molar-refractivity contribution < 1.29 is 24.2 Å². The van der Waals surface area contributed by atoms with E-state index in [1.54, 1.807) is 32.9 Å². The van der Waals surface area contributed by atoms with E-state index in [9.17, 15) is 19.5 Å². The number of rotatable bonds is 7. The van der Waals surface area contributed by atoms with E-state index < -0.39 is 17.7 Å². The summed E-state index contributed by atoms with van der Waals surface area (Å²) < 4.78 is 5.23. The van der Waals surface area contributed by atoms with Gasteiger partial charge in [-0.25, -0.2) is 4.79 Å². The van der Waals surface area contributed by atoms with E-state index in [1.165, 1.54) is 17.0 Å². The summed E-state index contributed by atoms with van der Waals surface area (Å²) in [7, 11) is 0. The van der Waals surface area contributed by atoms with Crippen LogP contribution in [0.3, 0.4) is 0 Å². The first-order chi connectivity index (χ1) is 16.0. The first-order valence-electron chi connectivity index (χ1n) is 11.4. The fourth-order valence-electron chi connectivity index (χ4n) is 3.76. The fraction of sp³-hybridized carbons (Fsp3) is 0.423. The van der Waals surface area contributed by atoms with E-state index in [-0.39, 0.29) is 30.2 Å². The lowest BCUT2D eigenvalue weighted by Gasteiger charge is -2.32. The third-order valence-corrected chi connectivity index (χ3v) is 5.48. The Morgan fingerprint density at radius 1 is 1.06 bits per heavy atom. The molecule has 34 heavy (non-hydrogen) atoms. The molecule has 0 aliphatic heterocycles. The van der Waals surface area contributed by atoms with Crippen molar-refractivity contribution in [2.24, 2.45) is 0 Å². The molecule has 3 amide bonds. The number of hydrogen-bond acceptors (Lipinski definition) is 5. The molecule has 2 aromatic carbocycles. The monoisotopic (exact) mass is 467 g/mol. The molecule has 8 heteroatoms. The van der Waals surface area contributed by atoms with E-state index in [0.717, 1.165) is 24.0 Å². The number of aromatic hydroxyl groups is 1. The molecule has 2 aromatic rings. The molecule has 0 radical (unpaired) electrons. The third kappa shape index (κ3) is 6.50. The number of carbonyl (C=O) groups excluding carboxylic acids is 3. The van der Waals surface area contributed by atoms with E-state index >= 15 is 0 Å². The Bertz CT molecular complexity index is 1030. The molecule has 0 heterocycles. The van der Waals surface area contributed by atoms with Gasteiger partial charge in [-0.15, -0.1) is 0 Å². The summed E-state index contributed by atoms with van der Waals surface area (Å²) in [6.45, 7) is 8.74. The minimum absolute atomic E-state index is 0.0635. The highest BCUT2D eigenvalue weighted by Gasteiger charge is 2.41. The number of nitrogens with one attached hydrogen (secondary N) is 2. The van der Waals surface area contributed by atoms with E-state index in [1.807, 2.05) is 32.0 Å². The van der Waals surface area contributed by atoms with Gasteiger partial charge in [-0.05, 0) is 76.3 Å². The van der Waals surface area contributed by atoms with Crippen molar-refractivity contribution in [3.05, 3.63) is 59.2 Å². The van der Waals surface area contributed by atoms with Crippen LogP contribution < -0.4 is 10.6 Å². The van der Waals surface area contributed by atoms with Gasteiger partial charge in [0.25, 0.3) is 5.91 Å². The van der Waals surface area contributed by atoms with Crippen LogP contribution in [0.15, 0.2) is 42.5 Å². The van der Waals surface area contributed by atoms with Crippen molar-refractivity contribution in [1.29, 1.82) is 0 Å². The molecule has 1 unspecified atom stereocenters. The first kappa shape index (κ1) is 25.1. The molecular weight excluding hydrogens is 434 g/mol. The number of anilines is 1. The Labute approximate surface area is 200 Å². The molecule has 1 saturated carbocycles. The Morgan fingerprint density at radius 3 is 2.18 bits per heavy atom. The van der Waals surface area contributed by atoms with E-state index in [2.05, 4.69) is 10.6 Å². The number of carbonyl (C=O) groups is 3. The second-order valence-electron chi connectivity index (χ2n) is 9.64. The van der Waals surface area contributed by atoms with Gasteiger partial charge in [-0.3, -0.25) is 9.59 Å². The molecule has 1 aliphatic carbocycles. The molecule has 1 atom stereocenters. The maximum absolute atomic E-state index is 13.6. The SMILES string of the molecule is Cc1cccc(C)c1NC(=O)C(c1ccc(O)cc1)N(C(=O)CNC(=O)OC(C)(C)C)C1CC1. The van der Waals surface area contributed by atoms with Gasteiger partial charge in [-0.1, -0.05) is 30.3 Å². The second kappa shape index (κ2) is 10.2. The zero-order valence-electron chi connectivity index (χ0n) is 20.3. The van der Waals surface area contributed by atoms with Crippen molar-refractivity contribution in [3.63, 3.8) is 0 Å². The summed E-state index contributed by atoms with van der Waals surface area (Å²) in [5, 5.41) is 15.2. The van der Waals surface area contributed by atoms with Crippen LogP contribution in [-0.4, -0.2) is 46.1 Å². The third-order valence-electron chi connectivity index (χ3n) is 5.48. The number of hydrogen-bond donors (Lipinski definition) is 3. The summed E-state index contributed by atoms with van der Waals surface area (Å²) in [5.74, 6) is -0.683. The number of benzene rings is 2. The number of ether oxygens (including phenoxy) is 1. The van der Waals surface area contributed by atoms with Crippen molar-refractivity contribution in [1.82, 2.24) is 10.2 Å². The van der Waals surface area contributed by atoms with Crippen LogP contribution >= 0.6 is 0 Å². The number of phenols is 1. The lowest BCUT2D eigenvalue weighted by Crippen LogP contribution is -2.47. The fourth-order valence-corrected chi connectivity index (χ4v) is 3.76. The Balaban J connectivity index is 1.88. The molecule has 182 valence electrons. The highest BCUT2D eigenvalue weighted by molar-refractivity contribution is 5.99. The van der Waals surface area contributed by atoms with Crippen molar-refractivity contribution in [2.45, 2.75) is 65.1 Å². The lowest BCUT2D eigenvalue weighted by molar-refractivity contribution is -0.138. The predicted molar refractivity (Wildman–Crippen MR) is 129 cm³/mol. The molecule has 0 saturated heterocycles. The number of phenolic OH excluding ortho intramolecular Hbond substituents is 1. The smallest absolute Gasteiger partial charge is 0.408 e. The zero-order chi connectivity index (χ0) is 25.0. The van der Waals surface area contributed by atoms with Crippen molar-refractivity contribution >= 4 is 23.6 Å². The first-order valence-corrected chi connectivity index (χ1v) is 11.4. The molecule has 8 nitrogen and oxygen atoms in total. The summed E-state index contributed by atoms with van der Waals surface area (Å²) in [4.78, 5) is 40.5. The minimum atomic E-state index is -0.931. The summed E-state index contributed by atoms with van der Waals surface area (Å²) >= 11 is 0.